The average molecular weight is 308 g/mol. The van der Waals surface area contributed by atoms with Crippen molar-refractivity contribution >= 4 is 15.7 Å². The number of hydrogen-bond donors (Lipinski definition) is 2. The normalized spacial score (nSPS) is 11.5. The van der Waals surface area contributed by atoms with E-state index < -0.39 is 10.0 Å². The minimum absolute atomic E-state index is 0.237. The van der Waals surface area contributed by atoms with E-state index in [0.29, 0.717) is 12.2 Å². The molecule has 0 radical (unpaired) electrons. The highest BCUT2D eigenvalue weighted by Crippen LogP contribution is 2.20. The van der Waals surface area contributed by atoms with E-state index in [1.54, 1.807) is 30.5 Å². The lowest BCUT2D eigenvalue weighted by atomic mass is 10.3. The van der Waals surface area contributed by atoms with Gasteiger partial charge in [0.2, 0.25) is 10.0 Å². The molecule has 0 bridgehead atoms. The van der Waals surface area contributed by atoms with Gasteiger partial charge < -0.3 is 9.88 Å². The monoisotopic (exact) mass is 308 g/mol. The van der Waals surface area contributed by atoms with Crippen LogP contribution in [0.2, 0.25) is 0 Å². The second-order valence-electron chi connectivity index (χ2n) is 4.59. The van der Waals surface area contributed by atoms with Crippen LogP contribution >= 0.6 is 0 Å². The Labute approximate surface area is 125 Å². The van der Waals surface area contributed by atoms with Crippen molar-refractivity contribution in [2.75, 3.05) is 12.4 Å². The maximum Gasteiger partial charge on any atom is 0.242 e. The van der Waals surface area contributed by atoms with Crippen molar-refractivity contribution in [2.24, 2.45) is 0 Å². The van der Waals surface area contributed by atoms with Crippen molar-refractivity contribution in [1.29, 1.82) is 0 Å². The molecule has 1 aromatic carbocycles. The van der Waals surface area contributed by atoms with Crippen LogP contribution in [0.5, 0.6) is 0 Å². The number of imidazole rings is 1. The predicted molar refractivity (Wildman–Crippen MR) is 82.5 cm³/mol. The van der Waals surface area contributed by atoms with Crippen LogP contribution in [0.3, 0.4) is 0 Å². The maximum absolute atomic E-state index is 12.0. The fourth-order valence-corrected chi connectivity index (χ4v) is 2.99. The molecule has 21 heavy (non-hydrogen) atoms. The van der Waals surface area contributed by atoms with E-state index in [4.69, 9.17) is 0 Å². The van der Waals surface area contributed by atoms with Crippen molar-refractivity contribution in [1.82, 2.24) is 14.3 Å². The fraction of sp³-hybridized carbons (Fsp3) is 0.357. The summed E-state index contributed by atoms with van der Waals surface area (Å²) in [7, 11) is -2.08. The second kappa shape index (κ2) is 6.73. The van der Waals surface area contributed by atoms with Crippen LogP contribution in [0.4, 0.5) is 5.69 Å². The third kappa shape index (κ3) is 3.62. The number of aromatic nitrogens is 2. The Morgan fingerprint density at radius 3 is 2.76 bits per heavy atom. The van der Waals surface area contributed by atoms with Crippen LogP contribution in [0, 0.1) is 0 Å². The Balaban J connectivity index is 2.19. The topological polar surface area (TPSA) is 76.0 Å². The van der Waals surface area contributed by atoms with Crippen molar-refractivity contribution in [3.8, 4) is 0 Å². The number of benzene rings is 1. The van der Waals surface area contributed by atoms with Gasteiger partial charge in [0.1, 0.15) is 10.7 Å². The van der Waals surface area contributed by atoms with Gasteiger partial charge >= 0.3 is 0 Å². The molecule has 0 aliphatic rings. The molecule has 0 spiro atoms. The minimum Gasteiger partial charge on any atom is -0.377 e. The lowest BCUT2D eigenvalue weighted by Crippen LogP contribution is -2.20. The number of sulfonamides is 1. The van der Waals surface area contributed by atoms with E-state index in [0.717, 1.165) is 18.8 Å². The van der Waals surface area contributed by atoms with Gasteiger partial charge in [-0.25, -0.2) is 18.1 Å². The summed E-state index contributed by atoms with van der Waals surface area (Å²) >= 11 is 0. The van der Waals surface area contributed by atoms with E-state index in [-0.39, 0.29) is 4.90 Å². The number of aryl methyl sites for hydroxylation is 1. The van der Waals surface area contributed by atoms with E-state index in [1.807, 2.05) is 6.20 Å². The molecule has 7 heteroatoms. The van der Waals surface area contributed by atoms with Gasteiger partial charge in [0.25, 0.3) is 0 Å². The van der Waals surface area contributed by atoms with E-state index in [9.17, 15) is 8.42 Å². The number of nitrogens with one attached hydrogen (secondary N) is 2. The molecular formula is C14H20N4O2S. The third-order valence-electron chi connectivity index (χ3n) is 3.15. The Bertz CT molecular complexity index is 695. The molecule has 1 aromatic heterocycles. The molecule has 6 nitrogen and oxygen atoms in total. The number of para-hydroxylation sites is 1. The Hall–Kier alpha value is -1.86. The SMILES string of the molecule is CCCn1ccnc1CNc1ccccc1S(=O)(=O)NC. The zero-order valence-electron chi connectivity index (χ0n) is 12.2. The van der Waals surface area contributed by atoms with Gasteiger partial charge in [-0.2, -0.15) is 0 Å². The van der Waals surface area contributed by atoms with Gasteiger partial charge in [-0.1, -0.05) is 19.1 Å². The summed E-state index contributed by atoms with van der Waals surface area (Å²) < 4.78 is 28.4. The highest BCUT2D eigenvalue weighted by atomic mass is 32.2. The van der Waals surface area contributed by atoms with Gasteiger partial charge in [0.05, 0.1) is 12.2 Å². The summed E-state index contributed by atoms with van der Waals surface area (Å²) in [6, 6.07) is 6.83. The number of nitrogens with zero attached hydrogens (tertiary/aromatic N) is 2. The predicted octanol–water partition coefficient (Wildman–Crippen LogP) is 1.81. The number of rotatable bonds is 7. The summed E-state index contributed by atoms with van der Waals surface area (Å²) in [5.74, 6) is 0.883. The molecule has 2 N–H and O–H groups in total. The first-order valence-corrected chi connectivity index (χ1v) is 8.33. The largest absolute Gasteiger partial charge is 0.377 e. The molecule has 1 heterocycles. The Morgan fingerprint density at radius 2 is 2.05 bits per heavy atom. The van der Waals surface area contributed by atoms with Crippen molar-refractivity contribution < 1.29 is 8.42 Å². The summed E-state index contributed by atoms with van der Waals surface area (Å²) in [4.78, 5) is 4.53. The molecular weight excluding hydrogens is 288 g/mol. The molecule has 0 aliphatic heterocycles. The van der Waals surface area contributed by atoms with Crippen LogP contribution in [-0.4, -0.2) is 25.0 Å². The van der Waals surface area contributed by atoms with Gasteiger partial charge in [0.15, 0.2) is 0 Å². The summed E-state index contributed by atoms with van der Waals surface area (Å²) in [6.07, 6.45) is 4.70. The molecule has 0 unspecified atom stereocenters. The molecule has 0 saturated carbocycles. The fourth-order valence-electron chi connectivity index (χ4n) is 2.08. The average Bonchev–Trinajstić information content (AvgIpc) is 2.93. The first-order chi connectivity index (χ1) is 10.1. The molecule has 2 rings (SSSR count). The molecule has 0 aliphatic carbocycles. The molecule has 0 atom stereocenters. The zero-order chi connectivity index (χ0) is 15.3. The maximum atomic E-state index is 12.0. The van der Waals surface area contributed by atoms with Crippen LogP contribution < -0.4 is 10.0 Å². The lowest BCUT2D eigenvalue weighted by molar-refractivity contribution is 0.588. The third-order valence-corrected chi connectivity index (χ3v) is 4.62. The molecule has 0 fully saturated rings. The van der Waals surface area contributed by atoms with Gasteiger partial charge in [-0.05, 0) is 25.6 Å². The van der Waals surface area contributed by atoms with Crippen LogP contribution in [-0.2, 0) is 23.1 Å². The molecule has 2 aromatic rings. The van der Waals surface area contributed by atoms with Crippen LogP contribution in [0.1, 0.15) is 19.2 Å². The smallest absolute Gasteiger partial charge is 0.242 e. The molecule has 0 amide bonds. The van der Waals surface area contributed by atoms with Gasteiger partial charge in [-0.15, -0.1) is 0 Å². The van der Waals surface area contributed by atoms with E-state index in [2.05, 4.69) is 26.5 Å². The van der Waals surface area contributed by atoms with Crippen molar-refractivity contribution in [3.05, 3.63) is 42.5 Å². The van der Waals surface area contributed by atoms with Crippen LogP contribution in [0.25, 0.3) is 0 Å². The zero-order valence-corrected chi connectivity index (χ0v) is 13.0. The molecule has 0 saturated heterocycles. The number of anilines is 1. The summed E-state index contributed by atoms with van der Waals surface area (Å²) in [5.41, 5.74) is 0.567. The van der Waals surface area contributed by atoms with Gasteiger partial charge in [-0.3, -0.25) is 0 Å². The Morgan fingerprint density at radius 1 is 1.29 bits per heavy atom. The number of hydrogen-bond acceptors (Lipinski definition) is 4. The molecule has 114 valence electrons. The van der Waals surface area contributed by atoms with Crippen molar-refractivity contribution in [3.63, 3.8) is 0 Å². The minimum atomic E-state index is -3.48. The highest BCUT2D eigenvalue weighted by Gasteiger charge is 2.16. The Kier molecular flexibility index (Phi) is 4.98. The van der Waals surface area contributed by atoms with E-state index in [1.165, 1.54) is 7.05 Å². The lowest BCUT2D eigenvalue weighted by Gasteiger charge is -2.12. The van der Waals surface area contributed by atoms with Crippen LogP contribution in [0.15, 0.2) is 41.6 Å². The second-order valence-corrected chi connectivity index (χ2v) is 6.45. The summed E-state index contributed by atoms with van der Waals surface area (Å²) in [5, 5.41) is 3.15. The van der Waals surface area contributed by atoms with Gasteiger partial charge in [0, 0.05) is 18.9 Å². The highest BCUT2D eigenvalue weighted by molar-refractivity contribution is 7.89. The first-order valence-electron chi connectivity index (χ1n) is 6.85. The first kappa shape index (κ1) is 15.5. The quantitative estimate of drug-likeness (QED) is 0.818. The van der Waals surface area contributed by atoms with Crippen molar-refractivity contribution in [2.45, 2.75) is 31.3 Å². The van der Waals surface area contributed by atoms with E-state index >= 15 is 0 Å². The summed E-state index contributed by atoms with van der Waals surface area (Å²) in [6.45, 7) is 3.47. The standard InChI is InChI=1S/C14H20N4O2S/c1-3-9-18-10-8-16-14(18)11-17-12-6-4-5-7-13(12)21(19,20)15-2/h4-8,10,15,17H,3,9,11H2,1-2H3.